The number of amides is 2. The molecule has 0 unspecified atom stereocenters. The number of fused-ring (bicyclic) bond motifs is 1. The molecule has 2 aliphatic heterocycles. The van der Waals surface area contributed by atoms with Crippen molar-refractivity contribution in [2.24, 2.45) is 0 Å². The number of likely N-dealkylation sites (N-methyl/N-ethyl adjacent to an activating group) is 1. The van der Waals surface area contributed by atoms with Crippen molar-refractivity contribution in [1.82, 2.24) is 50.0 Å². The predicted octanol–water partition coefficient (Wildman–Crippen LogP) is 1.62. The first-order valence-corrected chi connectivity index (χ1v) is 18.9. The van der Waals surface area contributed by atoms with Crippen molar-refractivity contribution in [3.05, 3.63) is 77.9 Å². The van der Waals surface area contributed by atoms with E-state index in [1.165, 1.54) is 11.0 Å². The first-order valence-electron chi connectivity index (χ1n) is 18.9. The number of likely N-dealkylation sites (tertiary alicyclic amines) is 1. The van der Waals surface area contributed by atoms with E-state index >= 15 is 0 Å². The largest absolute Gasteiger partial charge is 0.497 e. The number of ether oxygens (including phenoxy) is 2. The molecule has 296 valence electrons. The number of carbonyl (C=O) groups is 1. The third kappa shape index (κ3) is 7.52. The lowest BCUT2D eigenvalue weighted by Gasteiger charge is -2.24. The summed E-state index contributed by atoms with van der Waals surface area (Å²) in [7, 11) is 5.31. The lowest BCUT2D eigenvalue weighted by Crippen LogP contribution is -2.47. The highest BCUT2D eigenvalue weighted by Crippen LogP contribution is 2.40. The molecular weight excluding hydrogens is 720 g/mol. The van der Waals surface area contributed by atoms with Crippen molar-refractivity contribution in [2.45, 2.75) is 68.3 Å². The molecule has 8 rings (SSSR count). The van der Waals surface area contributed by atoms with E-state index in [0.717, 1.165) is 42.1 Å². The number of carbonyl (C=O) groups excluding carboxylic acids is 1. The van der Waals surface area contributed by atoms with Crippen LogP contribution in [-0.2, 0) is 6.61 Å². The molecule has 5 heterocycles. The molecule has 18 nitrogen and oxygen atoms in total. The van der Waals surface area contributed by atoms with E-state index in [1.54, 1.807) is 25.1 Å². The Morgan fingerprint density at radius 1 is 0.893 bits per heavy atom. The van der Waals surface area contributed by atoms with Gasteiger partial charge in [-0.3, -0.25) is 0 Å². The highest BCUT2D eigenvalue weighted by molar-refractivity contribution is 5.85. The molecule has 0 radical (unpaired) electrons. The van der Waals surface area contributed by atoms with Crippen LogP contribution in [-0.4, -0.2) is 133 Å². The summed E-state index contributed by atoms with van der Waals surface area (Å²) >= 11 is 0. The number of aliphatic hydroxyl groups is 3. The highest BCUT2D eigenvalue weighted by atomic mass is 16.5. The molecular formula is C38H48N12O6. The Bertz CT molecular complexity index is 2080. The number of nitrogens with zero attached hydrogens (tertiary/aromatic N) is 9. The van der Waals surface area contributed by atoms with Crippen LogP contribution < -0.4 is 30.3 Å². The van der Waals surface area contributed by atoms with Crippen LogP contribution in [0.4, 0.5) is 16.6 Å². The zero-order valence-electron chi connectivity index (χ0n) is 31.6. The lowest BCUT2D eigenvalue weighted by molar-refractivity contribution is 0.00491. The smallest absolute Gasteiger partial charge is 0.315 e. The van der Waals surface area contributed by atoms with Crippen molar-refractivity contribution in [1.29, 1.82) is 0 Å². The van der Waals surface area contributed by atoms with E-state index in [-0.39, 0.29) is 37.2 Å². The summed E-state index contributed by atoms with van der Waals surface area (Å²) in [6.45, 7) is 2.57. The second kappa shape index (κ2) is 15.9. The number of nitrogens with one attached hydrogen (secondary N) is 3. The number of methoxy groups -OCH3 is 2. The molecule has 3 aliphatic rings. The van der Waals surface area contributed by atoms with Crippen LogP contribution in [0.5, 0.6) is 11.5 Å². The van der Waals surface area contributed by atoms with Crippen molar-refractivity contribution in [3.8, 4) is 11.5 Å². The number of hydrogen-bond acceptors (Lipinski definition) is 14. The van der Waals surface area contributed by atoms with E-state index < -0.39 is 24.3 Å². The number of aromatic nitrogens is 7. The van der Waals surface area contributed by atoms with Crippen molar-refractivity contribution < 1.29 is 29.6 Å². The molecule has 6 atom stereocenters. The van der Waals surface area contributed by atoms with E-state index in [4.69, 9.17) is 24.4 Å². The maximum atomic E-state index is 13.0. The maximum Gasteiger partial charge on any atom is 0.315 e. The van der Waals surface area contributed by atoms with Gasteiger partial charge in [0.25, 0.3) is 0 Å². The van der Waals surface area contributed by atoms with Crippen LogP contribution >= 0.6 is 0 Å². The summed E-state index contributed by atoms with van der Waals surface area (Å²) < 4.78 is 12.7. The molecule has 18 heteroatoms. The van der Waals surface area contributed by atoms with Gasteiger partial charge in [0.15, 0.2) is 17.0 Å². The lowest BCUT2D eigenvalue weighted by atomic mass is 9.98. The first-order chi connectivity index (χ1) is 27.2. The van der Waals surface area contributed by atoms with Crippen molar-refractivity contribution in [2.75, 3.05) is 57.7 Å². The second-order valence-electron chi connectivity index (χ2n) is 14.8. The van der Waals surface area contributed by atoms with E-state index in [1.807, 2.05) is 53.4 Å². The van der Waals surface area contributed by atoms with Gasteiger partial charge in [-0.05, 0) is 68.2 Å². The molecule has 3 fully saturated rings. The van der Waals surface area contributed by atoms with Gasteiger partial charge in [0, 0.05) is 31.7 Å². The summed E-state index contributed by atoms with van der Waals surface area (Å²) in [5, 5.41) is 50.7. The van der Waals surface area contributed by atoms with E-state index in [2.05, 4.69) is 38.1 Å². The van der Waals surface area contributed by atoms with Crippen LogP contribution in [0.15, 0.2) is 61.1 Å². The molecule has 5 aromatic rings. The summed E-state index contributed by atoms with van der Waals surface area (Å²) in [5.41, 5.74) is 3.18. The van der Waals surface area contributed by atoms with Crippen LogP contribution in [0.1, 0.15) is 54.2 Å². The Kier molecular flexibility index (Phi) is 10.6. The average Bonchev–Trinajstić information content (AvgIpc) is 4.07. The van der Waals surface area contributed by atoms with Crippen LogP contribution in [0, 0.1) is 0 Å². The number of hydrogen-bond donors (Lipinski definition) is 6. The Hall–Kier alpha value is -5.56. The number of aliphatic hydroxyl groups excluding tert-OH is 3. The number of anilines is 2. The Morgan fingerprint density at radius 2 is 1.54 bits per heavy atom. The molecule has 0 spiro atoms. The molecule has 1 saturated carbocycles. The Labute approximate surface area is 323 Å². The van der Waals surface area contributed by atoms with Gasteiger partial charge in [-0.2, -0.15) is 25.0 Å². The van der Waals surface area contributed by atoms with Crippen LogP contribution in [0.2, 0.25) is 0 Å². The molecule has 2 amide bonds. The molecule has 3 aromatic heterocycles. The van der Waals surface area contributed by atoms with Gasteiger partial charge in [0.1, 0.15) is 35.4 Å². The number of imidazole rings is 1. The van der Waals surface area contributed by atoms with Gasteiger partial charge in [0.05, 0.1) is 45.4 Å². The molecule has 2 aromatic carbocycles. The Morgan fingerprint density at radius 3 is 2.14 bits per heavy atom. The minimum atomic E-state index is -1.19. The van der Waals surface area contributed by atoms with Gasteiger partial charge >= 0.3 is 6.03 Å². The Balaban J connectivity index is 1.14. The van der Waals surface area contributed by atoms with Crippen molar-refractivity contribution in [3.63, 3.8) is 0 Å². The fourth-order valence-electron chi connectivity index (χ4n) is 8.04. The minimum Gasteiger partial charge on any atom is -0.497 e. The highest BCUT2D eigenvalue weighted by Gasteiger charge is 2.45. The quantitative estimate of drug-likeness (QED) is 0.107. The molecule has 56 heavy (non-hydrogen) atoms. The van der Waals surface area contributed by atoms with Gasteiger partial charge < -0.3 is 55.1 Å². The third-order valence-electron chi connectivity index (χ3n) is 11.1. The fraction of sp³-hybridized carbons (Fsp3) is 0.474. The summed E-state index contributed by atoms with van der Waals surface area (Å²) in [4.78, 5) is 33.5. The van der Waals surface area contributed by atoms with Gasteiger partial charge in [-0.15, -0.1) is 0 Å². The SMILES string of the molecule is COc1ccc(C(Nc2nc(N3CC[C@@H](NC(=O)N[C@@H]4CCN(C)C4)C3)nc3c2ncn3[C@@H]2C[C@H](n3ncc(CO)n3)[C@@H](O)[C@H]2O)c2ccc(OC)cc2)cc1. The van der Waals surface area contributed by atoms with Gasteiger partial charge in [0.2, 0.25) is 5.95 Å². The van der Waals surface area contributed by atoms with Gasteiger partial charge in [-0.1, -0.05) is 24.3 Å². The molecule has 1 aliphatic carbocycles. The predicted molar refractivity (Wildman–Crippen MR) is 206 cm³/mol. The standard InChI is InChI=1S/C38H48N12O6/c1-47-14-12-24(18-47)41-38(54)42-25-13-15-48(19-25)37-44-35(43-31(22-4-8-27(55-2)9-5-22)23-6-10-28(56-3)11-7-23)32-36(45-37)49(21-39-32)29-16-30(34(53)33(29)52)50-40-17-26(20-51)46-50/h4-11,17,21,24-25,29-31,33-34,51-53H,12-16,18-20H2,1-3H3,(H2,41,42,54)(H,43,44,45)/t24-,25-,29-,30+,33+,34-/m1/s1. The molecule has 0 bridgehead atoms. The molecule has 2 saturated heterocycles. The second-order valence-corrected chi connectivity index (χ2v) is 14.8. The third-order valence-corrected chi connectivity index (χ3v) is 11.1. The summed E-state index contributed by atoms with van der Waals surface area (Å²) in [6.07, 6.45) is 2.56. The van der Waals surface area contributed by atoms with Gasteiger partial charge in [-0.25, -0.2) is 9.78 Å². The van der Waals surface area contributed by atoms with Crippen LogP contribution in [0.3, 0.4) is 0 Å². The zero-order valence-corrected chi connectivity index (χ0v) is 31.6. The summed E-state index contributed by atoms with van der Waals surface area (Å²) in [5.74, 6) is 2.34. The van der Waals surface area contributed by atoms with E-state index in [9.17, 15) is 20.1 Å². The monoisotopic (exact) mass is 768 g/mol. The normalized spacial score (nSPS) is 23.9. The fourth-order valence-corrected chi connectivity index (χ4v) is 8.04. The number of benzene rings is 2. The number of rotatable bonds is 12. The van der Waals surface area contributed by atoms with E-state index in [0.29, 0.717) is 48.1 Å². The number of urea groups is 1. The minimum absolute atomic E-state index is 0.117. The topological polar surface area (TPSA) is 213 Å². The maximum absolute atomic E-state index is 13.0. The molecule has 6 N–H and O–H groups in total. The van der Waals surface area contributed by atoms with Crippen molar-refractivity contribution >= 4 is 29.0 Å². The first kappa shape index (κ1) is 37.4. The zero-order chi connectivity index (χ0) is 38.9. The summed E-state index contributed by atoms with van der Waals surface area (Å²) in [6, 6.07) is 13.7. The van der Waals surface area contributed by atoms with Crippen LogP contribution in [0.25, 0.3) is 11.2 Å². The average molecular weight is 769 g/mol.